The summed E-state index contributed by atoms with van der Waals surface area (Å²) in [6, 6.07) is 8.15. The van der Waals surface area contributed by atoms with Gasteiger partial charge in [-0.2, -0.15) is 0 Å². The number of aromatic nitrogens is 3. The van der Waals surface area contributed by atoms with Gasteiger partial charge in [-0.25, -0.2) is 4.98 Å². The summed E-state index contributed by atoms with van der Waals surface area (Å²) in [5.41, 5.74) is 3.21. The van der Waals surface area contributed by atoms with Crippen molar-refractivity contribution in [2.75, 3.05) is 7.05 Å². The topological polar surface area (TPSA) is 53.9 Å². The van der Waals surface area contributed by atoms with Crippen LogP contribution in [0, 0.1) is 6.92 Å². The third-order valence-corrected chi connectivity index (χ3v) is 3.89. The van der Waals surface area contributed by atoms with E-state index in [2.05, 4.69) is 26.7 Å². The molecule has 3 aromatic rings. The van der Waals surface area contributed by atoms with Crippen molar-refractivity contribution in [2.24, 2.45) is 7.05 Å². The second-order valence-corrected chi connectivity index (χ2v) is 5.72. The zero-order chi connectivity index (χ0) is 15.7. The lowest BCUT2D eigenvalue weighted by atomic mass is 10.1. The third-order valence-electron chi connectivity index (χ3n) is 3.89. The molecule has 114 valence electrons. The van der Waals surface area contributed by atoms with Gasteiger partial charge in [0.1, 0.15) is 5.82 Å². The molecule has 1 aromatic carbocycles. The van der Waals surface area contributed by atoms with Gasteiger partial charge in [-0.15, -0.1) is 0 Å². The van der Waals surface area contributed by atoms with E-state index >= 15 is 0 Å². The van der Waals surface area contributed by atoms with E-state index in [4.69, 9.17) is 0 Å². The zero-order valence-electron chi connectivity index (χ0n) is 13.1. The SMILES string of the molecule is Cc1cnc(CN(C)C(=O)Cc2cn(C)c3ccccc23)[nH]1. The summed E-state index contributed by atoms with van der Waals surface area (Å²) >= 11 is 0. The fourth-order valence-corrected chi connectivity index (χ4v) is 2.72. The van der Waals surface area contributed by atoms with Gasteiger partial charge < -0.3 is 14.5 Å². The molecule has 1 N–H and O–H groups in total. The summed E-state index contributed by atoms with van der Waals surface area (Å²) in [6.07, 6.45) is 4.21. The van der Waals surface area contributed by atoms with Crippen LogP contribution >= 0.6 is 0 Å². The Hall–Kier alpha value is -2.56. The average molecular weight is 296 g/mol. The van der Waals surface area contributed by atoms with Crippen LogP contribution in [0.25, 0.3) is 10.9 Å². The summed E-state index contributed by atoms with van der Waals surface area (Å²) in [7, 11) is 3.82. The molecule has 0 fully saturated rings. The first-order valence-corrected chi connectivity index (χ1v) is 7.32. The number of hydrogen-bond acceptors (Lipinski definition) is 2. The van der Waals surface area contributed by atoms with Crippen molar-refractivity contribution >= 4 is 16.8 Å². The molecule has 0 saturated carbocycles. The van der Waals surface area contributed by atoms with Crippen molar-refractivity contribution in [3.05, 3.63) is 53.7 Å². The second-order valence-electron chi connectivity index (χ2n) is 5.72. The lowest BCUT2D eigenvalue weighted by Gasteiger charge is -2.15. The number of aromatic amines is 1. The number of amides is 1. The van der Waals surface area contributed by atoms with Gasteiger partial charge in [0.15, 0.2) is 0 Å². The normalized spacial score (nSPS) is 11.0. The second kappa shape index (κ2) is 5.67. The monoisotopic (exact) mass is 296 g/mol. The molecule has 0 atom stereocenters. The fourth-order valence-electron chi connectivity index (χ4n) is 2.72. The van der Waals surface area contributed by atoms with E-state index in [1.54, 1.807) is 11.1 Å². The highest BCUT2D eigenvalue weighted by Crippen LogP contribution is 2.21. The molecular weight excluding hydrogens is 276 g/mol. The third kappa shape index (κ3) is 2.74. The maximum absolute atomic E-state index is 12.5. The van der Waals surface area contributed by atoms with Gasteiger partial charge >= 0.3 is 0 Å². The summed E-state index contributed by atoms with van der Waals surface area (Å²) < 4.78 is 2.06. The molecule has 1 amide bonds. The predicted octanol–water partition coefficient (Wildman–Crippen LogP) is 2.41. The van der Waals surface area contributed by atoms with Crippen LogP contribution in [0.5, 0.6) is 0 Å². The van der Waals surface area contributed by atoms with E-state index in [0.29, 0.717) is 13.0 Å². The quantitative estimate of drug-likeness (QED) is 0.804. The Balaban J connectivity index is 1.75. The van der Waals surface area contributed by atoms with Crippen LogP contribution in [0.15, 0.2) is 36.7 Å². The van der Waals surface area contributed by atoms with Crippen molar-refractivity contribution in [3.63, 3.8) is 0 Å². The van der Waals surface area contributed by atoms with Crippen LogP contribution in [-0.2, 0) is 24.8 Å². The minimum atomic E-state index is 0.0883. The zero-order valence-corrected chi connectivity index (χ0v) is 13.1. The number of imidazole rings is 1. The van der Waals surface area contributed by atoms with Gasteiger partial charge in [0.25, 0.3) is 0 Å². The van der Waals surface area contributed by atoms with Crippen molar-refractivity contribution in [3.8, 4) is 0 Å². The highest BCUT2D eigenvalue weighted by atomic mass is 16.2. The molecule has 0 spiro atoms. The maximum Gasteiger partial charge on any atom is 0.227 e. The lowest BCUT2D eigenvalue weighted by molar-refractivity contribution is -0.129. The van der Waals surface area contributed by atoms with Gasteiger partial charge in [0, 0.05) is 43.1 Å². The molecule has 3 rings (SSSR count). The number of rotatable bonds is 4. The van der Waals surface area contributed by atoms with Gasteiger partial charge in [-0.05, 0) is 18.6 Å². The Labute approximate surface area is 129 Å². The number of para-hydroxylation sites is 1. The molecule has 0 aliphatic rings. The molecule has 0 saturated heterocycles. The van der Waals surface area contributed by atoms with E-state index in [9.17, 15) is 4.79 Å². The average Bonchev–Trinajstić information content (AvgIpc) is 3.04. The van der Waals surface area contributed by atoms with Crippen LogP contribution in [0.3, 0.4) is 0 Å². The smallest absolute Gasteiger partial charge is 0.227 e. The Kier molecular flexibility index (Phi) is 3.71. The molecule has 0 unspecified atom stereocenters. The van der Waals surface area contributed by atoms with E-state index in [1.807, 2.05) is 39.3 Å². The molecule has 2 heterocycles. The number of likely N-dealkylation sites (N-methyl/N-ethyl adjacent to an activating group) is 1. The standard InChI is InChI=1S/C17H20N4O/c1-12-9-18-16(19-12)11-21(3)17(22)8-13-10-20(2)15-7-5-4-6-14(13)15/h4-7,9-10H,8,11H2,1-3H3,(H,18,19). The van der Waals surface area contributed by atoms with Gasteiger partial charge in [0.05, 0.1) is 13.0 Å². The number of nitrogens with one attached hydrogen (secondary N) is 1. The minimum absolute atomic E-state index is 0.0883. The van der Waals surface area contributed by atoms with E-state index in [0.717, 1.165) is 28.0 Å². The summed E-state index contributed by atoms with van der Waals surface area (Å²) in [4.78, 5) is 21.6. The number of nitrogens with zero attached hydrogens (tertiary/aromatic N) is 3. The minimum Gasteiger partial charge on any atom is -0.350 e. The van der Waals surface area contributed by atoms with Crippen molar-refractivity contribution in [1.82, 2.24) is 19.4 Å². The van der Waals surface area contributed by atoms with E-state index < -0.39 is 0 Å². The van der Waals surface area contributed by atoms with Gasteiger partial charge in [-0.3, -0.25) is 4.79 Å². The van der Waals surface area contributed by atoms with Crippen LogP contribution < -0.4 is 0 Å². The molecule has 22 heavy (non-hydrogen) atoms. The van der Waals surface area contributed by atoms with E-state index in [1.165, 1.54) is 0 Å². The molecule has 0 aliphatic carbocycles. The van der Waals surface area contributed by atoms with Crippen molar-refractivity contribution < 1.29 is 4.79 Å². The Morgan fingerprint density at radius 2 is 2.14 bits per heavy atom. The van der Waals surface area contributed by atoms with E-state index in [-0.39, 0.29) is 5.91 Å². The lowest BCUT2D eigenvalue weighted by Crippen LogP contribution is -2.28. The Morgan fingerprint density at radius 1 is 1.36 bits per heavy atom. The molecular formula is C17H20N4O. The number of carbonyl (C=O) groups is 1. The first-order chi connectivity index (χ1) is 10.5. The number of carbonyl (C=O) groups excluding carboxylic acids is 1. The Bertz CT molecular complexity index is 815. The highest BCUT2D eigenvalue weighted by molar-refractivity contribution is 5.89. The first kappa shape index (κ1) is 14.4. The Morgan fingerprint density at radius 3 is 2.86 bits per heavy atom. The van der Waals surface area contributed by atoms with Crippen molar-refractivity contribution in [1.29, 1.82) is 0 Å². The number of hydrogen-bond donors (Lipinski definition) is 1. The van der Waals surface area contributed by atoms with Crippen molar-refractivity contribution in [2.45, 2.75) is 19.9 Å². The van der Waals surface area contributed by atoms with Crippen LogP contribution in [0.2, 0.25) is 0 Å². The largest absolute Gasteiger partial charge is 0.350 e. The maximum atomic E-state index is 12.5. The number of benzene rings is 1. The summed E-state index contributed by atoms with van der Waals surface area (Å²) in [5.74, 6) is 0.900. The molecule has 0 bridgehead atoms. The molecule has 5 heteroatoms. The van der Waals surface area contributed by atoms with Crippen LogP contribution in [0.1, 0.15) is 17.1 Å². The number of aryl methyl sites for hydroxylation is 2. The molecule has 0 aliphatic heterocycles. The van der Waals surface area contributed by atoms with Crippen LogP contribution in [0.4, 0.5) is 0 Å². The van der Waals surface area contributed by atoms with Crippen LogP contribution in [-0.4, -0.2) is 32.4 Å². The first-order valence-electron chi connectivity index (χ1n) is 7.32. The van der Waals surface area contributed by atoms with Gasteiger partial charge in [-0.1, -0.05) is 18.2 Å². The highest BCUT2D eigenvalue weighted by Gasteiger charge is 2.15. The molecule has 5 nitrogen and oxygen atoms in total. The summed E-state index contributed by atoms with van der Waals surface area (Å²) in [6.45, 7) is 2.45. The van der Waals surface area contributed by atoms with Gasteiger partial charge in [0.2, 0.25) is 5.91 Å². The predicted molar refractivity (Wildman–Crippen MR) is 86.4 cm³/mol. The number of H-pyrrole nitrogens is 1. The molecule has 0 radical (unpaired) electrons. The molecule has 2 aromatic heterocycles. The fraction of sp³-hybridized carbons (Fsp3) is 0.294. The summed E-state index contributed by atoms with van der Waals surface area (Å²) in [5, 5.41) is 1.14. The number of fused-ring (bicyclic) bond motifs is 1.